The highest BCUT2D eigenvalue weighted by Crippen LogP contribution is 2.37. The van der Waals surface area contributed by atoms with Crippen LogP contribution in [0.25, 0.3) is 0 Å². The molecular weight excluding hydrogens is 402 g/mol. The average Bonchev–Trinajstić information content (AvgIpc) is 3.34. The van der Waals surface area contributed by atoms with Crippen molar-refractivity contribution in [1.82, 2.24) is 20.2 Å². The van der Waals surface area contributed by atoms with Gasteiger partial charge in [0, 0.05) is 56.4 Å². The lowest BCUT2D eigenvalue weighted by Gasteiger charge is -2.39. The van der Waals surface area contributed by atoms with Crippen molar-refractivity contribution in [2.45, 2.75) is 56.9 Å². The fourth-order valence-electron chi connectivity index (χ4n) is 5.75. The van der Waals surface area contributed by atoms with E-state index in [4.69, 9.17) is 0 Å². The minimum Gasteiger partial charge on any atom is -0.368 e. The van der Waals surface area contributed by atoms with Crippen molar-refractivity contribution in [3.8, 4) is 0 Å². The maximum Gasteiger partial charge on any atom is 0.269 e. The van der Waals surface area contributed by atoms with Gasteiger partial charge in [-0.25, -0.2) is 4.98 Å². The van der Waals surface area contributed by atoms with E-state index in [1.807, 2.05) is 6.07 Å². The molecule has 2 aliphatic carbocycles. The molecule has 2 unspecified atom stereocenters. The largest absolute Gasteiger partial charge is 0.368 e. The summed E-state index contributed by atoms with van der Waals surface area (Å²) in [6.45, 7) is 4.01. The highest BCUT2D eigenvalue weighted by Gasteiger charge is 2.33. The number of hydrogen-bond acceptors (Lipinski definition) is 5. The van der Waals surface area contributed by atoms with Crippen molar-refractivity contribution in [1.29, 1.82) is 0 Å². The summed E-state index contributed by atoms with van der Waals surface area (Å²) < 4.78 is 0. The number of carbonyl (C=O) groups excluding carboxylic acids is 1. The second kappa shape index (κ2) is 9.06. The number of aryl methyl sites for hydroxylation is 1. The Balaban J connectivity index is 1.18. The van der Waals surface area contributed by atoms with E-state index >= 15 is 0 Å². The number of amides is 1. The van der Waals surface area contributed by atoms with Gasteiger partial charge in [0.05, 0.1) is 11.9 Å². The number of aromatic amines is 1. The third-order valence-corrected chi connectivity index (χ3v) is 7.62. The predicted octanol–water partition coefficient (Wildman–Crippen LogP) is 2.47. The van der Waals surface area contributed by atoms with Crippen molar-refractivity contribution in [2.24, 2.45) is 0 Å². The third-order valence-electron chi connectivity index (χ3n) is 7.62. The minimum atomic E-state index is -0.155. The zero-order valence-corrected chi connectivity index (χ0v) is 18.9. The molecule has 2 aromatic rings. The van der Waals surface area contributed by atoms with Crippen LogP contribution in [0.5, 0.6) is 0 Å². The number of hydrogen-bond donors (Lipinski definition) is 2. The monoisotopic (exact) mass is 435 g/mol. The first-order valence-corrected chi connectivity index (χ1v) is 12.0. The topological polar surface area (TPSA) is 81.3 Å². The molecule has 3 heterocycles. The Morgan fingerprint density at radius 1 is 1.12 bits per heavy atom. The van der Waals surface area contributed by atoms with Gasteiger partial charge in [0.15, 0.2) is 0 Å². The fraction of sp³-hybridized carbons (Fsp3) is 0.560. The highest BCUT2D eigenvalue weighted by molar-refractivity contribution is 5.92. The Labute approximate surface area is 189 Å². The average molecular weight is 436 g/mol. The van der Waals surface area contributed by atoms with E-state index in [0.29, 0.717) is 17.7 Å². The van der Waals surface area contributed by atoms with E-state index in [1.165, 1.54) is 24.1 Å². The lowest BCUT2D eigenvalue weighted by Crippen LogP contribution is -2.49. The Hall–Kier alpha value is -2.67. The first kappa shape index (κ1) is 21.2. The summed E-state index contributed by atoms with van der Waals surface area (Å²) in [7, 11) is 1.62. The standard InChI is InChI=1S/C25H33N5O2/c1-26-25(32)22-9-8-20(16-27-22)30-12-10-29(11-13-30)19-7-6-18(14-19)23-15-17-4-2-3-5-21(17)24(31)28-23/h8-9,15-16,18-19H,2-7,10-14H2,1H3,(H,26,32)(H,28,31). The number of H-pyrrole nitrogens is 1. The van der Waals surface area contributed by atoms with Crippen LogP contribution < -0.4 is 15.8 Å². The van der Waals surface area contributed by atoms with Gasteiger partial charge in [0.2, 0.25) is 0 Å². The van der Waals surface area contributed by atoms with E-state index in [9.17, 15) is 9.59 Å². The van der Waals surface area contributed by atoms with Crippen LogP contribution in [0.4, 0.5) is 5.69 Å². The number of aromatic nitrogens is 2. The second-order valence-corrected chi connectivity index (χ2v) is 9.43. The number of pyridine rings is 2. The molecular formula is C25H33N5O2. The number of nitrogens with one attached hydrogen (secondary N) is 2. The van der Waals surface area contributed by atoms with Gasteiger partial charge in [-0.3, -0.25) is 14.5 Å². The SMILES string of the molecule is CNC(=O)c1ccc(N2CCN(C3CCC(c4cc5c(c(=O)[nH]4)CCCC5)C3)CC2)cn1. The minimum absolute atomic E-state index is 0.155. The summed E-state index contributed by atoms with van der Waals surface area (Å²) in [5, 5.41) is 2.61. The molecule has 2 fully saturated rings. The van der Waals surface area contributed by atoms with Gasteiger partial charge in [-0.15, -0.1) is 0 Å². The molecule has 1 aliphatic heterocycles. The molecule has 0 radical (unpaired) electrons. The van der Waals surface area contributed by atoms with Crippen LogP contribution in [0, 0.1) is 0 Å². The van der Waals surface area contributed by atoms with E-state index in [0.717, 1.165) is 69.5 Å². The molecule has 7 heteroatoms. The number of anilines is 1. The molecule has 2 atom stereocenters. The predicted molar refractivity (Wildman–Crippen MR) is 125 cm³/mol. The number of nitrogens with zero attached hydrogens (tertiary/aromatic N) is 3. The van der Waals surface area contributed by atoms with Gasteiger partial charge in [-0.1, -0.05) is 0 Å². The van der Waals surface area contributed by atoms with Crippen molar-refractivity contribution < 1.29 is 4.79 Å². The van der Waals surface area contributed by atoms with E-state index in [-0.39, 0.29) is 11.5 Å². The van der Waals surface area contributed by atoms with Gasteiger partial charge in [0.25, 0.3) is 11.5 Å². The van der Waals surface area contributed by atoms with Crippen LogP contribution in [0.15, 0.2) is 29.2 Å². The van der Waals surface area contributed by atoms with Gasteiger partial charge in [-0.05, 0) is 68.7 Å². The first-order chi connectivity index (χ1) is 15.6. The summed E-state index contributed by atoms with van der Waals surface area (Å²) in [5.41, 5.74) is 5.18. The number of carbonyl (C=O) groups is 1. The normalized spacial score (nSPS) is 23.7. The summed E-state index contributed by atoms with van der Waals surface area (Å²) in [6, 6.07) is 6.68. The van der Waals surface area contributed by atoms with Crippen molar-refractivity contribution in [3.05, 3.63) is 57.3 Å². The molecule has 0 aromatic carbocycles. The maximum absolute atomic E-state index is 12.6. The molecule has 0 bridgehead atoms. The lowest BCUT2D eigenvalue weighted by molar-refractivity contribution is 0.0958. The lowest BCUT2D eigenvalue weighted by atomic mass is 9.90. The zero-order valence-electron chi connectivity index (χ0n) is 18.9. The molecule has 32 heavy (non-hydrogen) atoms. The molecule has 7 nitrogen and oxygen atoms in total. The molecule has 1 amide bonds. The number of fused-ring (bicyclic) bond motifs is 1. The first-order valence-electron chi connectivity index (χ1n) is 12.0. The van der Waals surface area contributed by atoms with Crippen LogP contribution in [-0.4, -0.2) is 60.0 Å². The van der Waals surface area contributed by atoms with Crippen molar-refractivity contribution in [2.75, 3.05) is 38.1 Å². The zero-order chi connectivity index (χ0) is 22.1. The number of rotatable bonds is 4. The van der Waals surface area contributed by atoms with Gasteiger partial charge >= 0.3 is 0 Å². The highest BCUT2D eigenvalue weighted by atomic mass is 16.1. The van der Waals surface area contributed by atoms with Crippen LogP contribution in [0.1, 0.15) is 65.3 Å². The maximum atomic E-state index is 12.6. The van der Waals surface area contributed by atoms with Crippen LogP contribution in [0.3, 0.4) is 0 Å². The number of piperazine rings is 1. The molecule has 1 saturated heterocycles. The van der Waals surface area contributed by atoms with Crippen LogP contribution >= 0.6 is 0 Å². The Kier molecular flexibility index (Phi) is 6.00. The Morgan fingerprint density at radius 3 is 2.69 bits per heavy atom. The van der Waals surface area contributed by atoms with Crippen LogP contribution in [0.2, 0.25) is 0 Å². The second-order valence-electron chi connectivity index (χ2n) is 9.43. The summed E-state index contributed by atoms with van der Waals surface area (Å²) in [5.74, 6) is 0.317. The quantitative estimate of drug-likeness (QED) is 0.771. The summed E-state index contributed by atoms with van der Waals surface area (Å²) in [6.07, 6.45) is 9.64. The molecule has 1 saturated carbocycles. The smallest absolute Gasteiger partial charge is 0.269 e. The van der Waals surface area contributed by atoms with Crippen molar-refractivity contribution >= 4 is 11.6 Å². The Bertz CT molecular complexity index is 1020. The van der Waals surface area contributed by atoms with Crippen LogP contribution in [-0.2, 0) is 12.8 Å². The summed E-state index contributed by atoms with van der Waals surface area (Å²) in [4.78, 5) is 36.8. The molecule has 3 aliphatic rings. The third kappa shape index (κ3) is 4.18. The fourth-order valence-corrected chi connectivity index (χ4v) is 5.75. The molecule has 2 aromatic heterocycles. The molecule has 0 spiro atoms. The Morgan fingerprint density at radius 2 is 1.94 bits per heavy atom. The van der Waals surface area contributed by atoms with E-state index in [2.05, 4.69) is 31.2 Å². The van der Waals surface area contributed by atoms with E-state index < -0.39 is 0 Å². The van der Waals surface area contributed by atoms with E-state index in [1.54, 1.807) is 19.3 Å². The van der Waals surface area contributed by atoms with Crippen molar-refractivity contribution in [3.63, 3.8) is 0 Å². The van der Waals surface area contributed by atoms with Gasteiger partial charge in [-0.2, -0.15) is 0 Å². The molecule has 170 valence electrons. The molecule has 5 rings (SSSR count). The summed E-state index contributed by atoms with van der Waals surface area (Å²) >= 11 is 0. The van der Waals surface area contributed by atoms with Gasteiger partial charge in [0.1, 0.15) is 5.69 Å². The van der Waals surface area contributed by atoms with Gasteiger partial charge < -0.3 is 15.2 Å². The molecule has 2 N–H and O–H groups in total.